The summed E-state index contributed by atoms with van der Waals surface area (Å²) in [5.41, 5.74) is 0.563. The molecule has 2 rings (SSSR count). The normalized spacial score (nSPS) is 19.7. The van der Waals surface area contributed by atoms with Crippen LogP contribution in [0.2, 0.25) is 0 Å². The molecule has 1 heterocycles. The maximum Gasteiger partial charge on any atom is 0.318 e. The first kappa shape index (κ1) is 12.8. The van der Waals surface area contributed by atoms with Gasteiger partial charge in [0.25, 0.3) is 0 Å². The van der Waals surface area contributed by atoms with Crippen molar-refractivity contribution in [3.8, 4) is 0 Å². The highest BCUT2D eigenvalue weighted by molar-refractivity contribution is 7.90. The zero-order valence-electron chi connectivity index (χ0n) is 9.69. The van der Waals surface area contributed by atoms with E-state index in [2.05, 4.69) is 0 Å². The second-order valence-electron chi connectivity index (χ2n) is 4.00. The van der Waals surface area contributed by atoms with Crippen molar-refractivity contribution in [2.45, 2.75) is 6.42 Å². The molecule has 1 aromatic carbocycles. The van der Waals surface area contributed by atoms with Crippen molar-refractivity contribution in [3.05, 3.63) is 30.3 Å². The first-order valence-corrected chi connectivity index (χ1v) is 6.96. The first-order chi connectivity index (χ1) is 8.51. The summed E-state index contributed by atoms with van der Waals surface area (Å²) in [7, 11) is -3.73. The van der Waals surface area contributed by atoms with Gasteiger partial charge in [0.05, 0.1) is 5.69 Å². The van der Waals surface area contributed by atoms with Crippen molar-refractivity contribution < 1.29 is 18.3 Å². The maximum absolute atomic E-state index is 12.2. The Morgan fingerprint density at radius 1 is 1.22 bits per heavy atom. The van der Waals surface area contributed by atoms with Crippen molar-refractivity contribution in [3.63, 3.8) is 0 Å². The molecule has 0 aromatic heterocycles. The third-order valence-electron chi connectivity index (χ3n) is 2.73. The summed E-state index contributed by atoms with van der Waals surface area (Å²) in [5, 5.41) is 8.73. The van der Waals surface area contributed by atoms with E-state index in [1.807, 2.05) is 0 Å². The predicted octanol–water partition coefficient (Wildman–Crippen LogP) is 0.528. The summed E-state index contributed by atoms with van der Waals surface area (Å²) in [4.78, 5) is 10.7. The Morgan fingerprint density at radius 3 is 2.50 bits per heavy atom. The monoisotopic (exact) mass is 270 g/mol. The van der Waals surface area contributed by atoms with Gasteiger partial charge in [0.15, 0.2) is 0 Å². The summed E-state index contributed by atoms with van der Waals surface area (Å²) < 4.78 is 26.7. The molecule has 0 bridgehead atoms. The van der Waals surface area contributed by atoms with E-state index in [1.165, 1.54) is 4.31 Å². The number of hydrogen-bond acceptors (Lipinski definition) is 3. The van der Waals surface area contributed by atoms with Crippen LogP contribution in [0.3, 0.4) is 0 Å². The molecule has 18 heavy (non-hydrogen) atoms. The fraction of sp³-hybridized carbons (Fsp3) is 0.364. The molecular formula is C11H14N2O4S. The third-order valence-corrected chi connectivity index (χ3v) is 4.64. The number of carbonyl (C=O) groups is 1. The summed E-state index contributed by atoms with van der Waals surface area (Å²) in [6, 6.07) is 8.70. The molecule has 1 fully saturated rings. The van der Waals surface area contributed by atoms with E-state index in [1.54, 1.807) is 30.3 Å². The number of rotatable bonds is 3. The molecule has 1 aliphatic rings. The Bertz CT molecular complexity index is 529. The molecule has 0 spiro atoms. The Labute approximate surface area is 106 Å². The topological polar surface area (TPSA) is 77.9 Å². The van der Waals surface area contributed by atoms with Gasteiger partial charge in [-0.3, -0.25) is 9.10 Å². The maximum atomic E-state index is 12.2. The molecule has 0 aliphatic carbocycles. The van der Waals surface area contributed by atoms with Gasteiger partial charge in [-0.1, -0.05) is 18.2 Å². The molecule has 6 nitrogen and oxygen atoms in total. The summed E-state index contributed by atoms with van der Waals surface area (Å²) in [6.07, 6.45) is 0.613. The lowest BCUT2D eigenvalue weighted by Crippen LogP contribution is -2.51. The fourth-order valence-electron chi connectivity index (χ4n) is 1.93. The van der Waals surface area contributed by atoms with Gasteiger partial charge >= 0.3 is 16.2 Å². The van der Waals surface area contributed by atoms with Gasteiger partial charge < -0.3 is 5.11 Å². The molecule has 7 heteroatoms. The Hall–Kier alpha value is -1.60. The Morgan fingerprint density at radius 2 is 1.89 bits per heavy atom. The number of para-hydroxylation sites is 1. The highest BCUT2D eigenvalue weighted by Gasteiger charge is 2.34. The second kappa shape index (κ2) is 4.95. The van der Waals surface area contributed by atoms with Gasteiger partial charge in [-0.25, -0.2) is 0 Å². The van der Waals surface area contributed by atoms with Crippen LogP contribution >= 0.6 is 0 Å². The highest BCUT2D eigenvalue weighted by atomic mass is 32.2. The quantitative estimate of drug-likeness (QED) is 0.869. The van der Waals surface area contributed by atoms with Gasteiger partial charge in [-0.15, -0.1) is 0 Å². The summed E-state index contributed by atoms with van der Waals surface area (Å²) in [5.74, 6) is -1.14. The van der Waals surface area contributed by atoms with Crippen LogP contribution in [-0.4, -0.2) is 43.4 Å². The highest BCUT2D eigenvalue weighted by Crippen LogP contribution is 2.23. The van der Waals surface area contributed by atoms with E-state index in [-0.39, 0.29) is 6.54 Å². The van der Waals surface area contributed by atoms with Crippen LogP contribution in [-0.2, 0) is 15.0 Å². The Balaban J connectivity index is 2.30. The molecule has 1 aliphatic heterocycles. The lowest BCUT2D eigenvalue weighted by Gasteiger charge is -2.35. The number of carboxylic acids is 1. The average Bonchev–Trinajstić information content (AvgIpc) is 2.32. The number of hydrogen-bond donors (Lipinski definition) is 1. The lowest BCUT2D eigenvalue weighted by molar-refractivity contribution is -0.137. The van der Waals surface area contributed by atoms with Gasteiger partial charge in [0.2, 0.25) is 0 Å². The Kier molecular flexibility index (Phi) is 3.53. The molecule has 0 unspecified atom stereocenters. The minimum atomic E-state index is -3.73. The van der Waals surface area contributed by atoms with Crippen LogP contribution in [0.1, 0.15) is 6.42 Å². The third kappa shape index (κ3) is 2.46. The molecule has 98 valence electrons. The largest absolute Gasteiger partial charge is 0.480 e. The molecular weight excluding hydrogens is 256 g/mol. The van der Waals surface area contributed by atoms with Crippen LogP contribution < -0.4 is 4.31 Å². The smallest absolute Gasteiger partial charge is 0.318 e. The van der Waals surface area contributed by atoms with Crippen LogP contribution in [0.5, 0.6) is 0 Å². The molecule has 0 saturated carbocycles. The zero-order chi connectivity index (χ0) is 13.2. The van der Waals surface area contributed by atoms with Crippen molar-refractivity contribution in [2.24, 2.45) is 0 Å². The van der Waals surface area contributed by atoms with Crippen LogP contribution in [0.25, 0.3) is 0 Å². The molecule has 0 amide bonds. The summed E-state index contributed by atoms with van der Waals surface area (Å²) >= 11 is 0. The average molecular weight is 270 g/mol. The van der Waals surface area contributed by atoms with E-state index in [4.69, 9.17) is 5.11 Å². The second-order valence-corrected chi connectivity index (χ2v) is 5.85. The minimum absolute atomic E-state index is 0.248. The van der Waals surface area contributed by atoms with Gasteiger partial charge in [0.1, 0.15) is 6.54 Å². The van der Waals surface area contributed by atoms with E-state index < -0.39 is 22.7 Å². The predicted molar refractivity (Wildman–Crippen MR) is 66.5 cm³/mol. The number of benzene rings is 1. The SMILES string of the molecule is O=C(O)CN1CCCN(c2ccccc2)S1(=O)=O. The zero-order valence-corrected chi connectivity index (χ0v) is 10.5. The standard InChI is InChI=1S/C11H14N2O4S/c14-11(15)9-12-7-4-8-13(18(12,16)17)10-5-2-1-3-6-10/h1-3,5-6H,4,7-9H2,(H,14,15). The van der Waals surface area contributed by atoms with Crippen molar-refractivity contribution >= 4 is 21.9 Å². The van der Waals surface area contributed by atoms with E-state index >= 15 is 0 Å². The number of aliphatic carboxylic acids is 1. The number of nitrogens with zero attached hydrogens (tertiary/aromatic N) is 2. The summed E-state index contributed by atoms with van der Waals surface area (Å²) in [6.45, 7) is 0.131. The van der Waals surface area contributed by atoms with Gasteiger partial charge in [-0.05, 0) is 18.6 Å². The van der Waals surface area contributed by atoms with Gasteiger partial charge in [0, 0.05) is 13.1 Å². The van der Waals surface area contributed by atoms with E-state index in [0.29, 0.717) is 18.7 Å². The lowest BCUT2D eigenvalue weighted by atomic mass is 10.3. The van der Waals surface area contributed by atoms with Gasteiger partial charge in [-0.2, -0.15) is 12.7 Å². The van der Waals surface area contributed by atoms with Crippen LogP contribution in [0, 0.1) is 0 Å². The fourth-order valence-corrected chi connectivity index (χ4v) is 3.59. The van der Waals surface area contributed by atoms with Crippen molar-refractivity contribution in [2.75, 3.05) is 23.9 Å². The molecule has 1 aromatic rings. The van der Waals surface area contributed by atoms with Crippen LogP contribution in [0.4, 0.5) is 5.69 Å². The molecule has 0 radical (unpaired) electrons. The van der Waals surface area contributed by atoms with E-state index in [9.17, 15) is 13.2 Å². The molecule has 1 saturated heterocycles. The number of anilines is 1. The van der Waals surface area contributed by atoms with Crippen molar-refractivity contribution in [1.29, 1.82) is 0 Å². The first-order valence-electron chi connectivity index (χ1n) is 5.56. The minimum Gasteiger partial charge on any atom is -0.480 e. The number of carboxylic acid groups (broad SMARTS) is 1. The van der Waals surface area contributed by atoms with Crippen molar-refractivity contribution in [1.82, 2.24) is 4.31 Å². The van der Waals surface area contributed by atoms with E-state index in [0.717, 1.165) is 4.31 Å². The molecule has 0 atom stereocenters. The molecule has 1 N–H and O–H groups in total. The van der Waals surface area contributed by atoms with Crippen LogP contribution in [0.15, 0.2) is 30.3 Å².